The van der Waals surface area contributed by atoms with E-state index in [9.17, 15) is 25.2 Å². The first-order valence-electron chi connectivity index (χ1n) is 11.5. The van der Waals surface area contributed by atoms with Crippen LogP contribution in [0.15, 0.2) is 36.4 Å². The molecule has 0 heterocycles. The highest BCUT2D eigenvalue weighted by Gasteiger charge is 2.42. The van der Waals surface area contributed by atoms with Crippen LogP contribution in [0.5, 0.6) is 34.5 Å². The molecule has 0 aliphatic heterocycles. The van der Waals surface area contributed by atoms with Crippen molar-refractivity contribution in [3.8, 4) is 45.6 Å². The number of methoxy groups -OCH3 is 2. The largest absolute Gasteiger partial charge is 0.508 e. The number of benzene rings is 4. The highest BCUT2D eigenvalue weighted by Crippen LogP contribution is 2.54. The van der Waals surface area contributed by atoms with Crippen molar-refractivity contribution in [2.24, 2.45) is 0 Å². The second kappa shape index (κ2) is 8.21. The molecule has 4 aromatic carbocycles. The molecule has 8 heteroatoms. The summed E-state index contributed by atoms with van der Waals surface area (Å²) in [5.74, 6) is -0.877. The van der Waals surface area contributed by atoms with Crippen LogP contribution in [-0.4, -0.2) is 40.4 Å². The molecule has 4 aromatic rings. The van der Waals surface area contributed by atoms with Crippen LogP contribution in [0.2, 0.25) is 5.02 Å². The molecule has 0 aromatic heterocycles. The number of hydrogen-bond donors (Lipinski definition) is 4. The predicted octanol–water partition coefficient (Wildman–Crippen LogP) is 6.18. The fourth-order valence-electron chi connectivity index (χ4n) is 5.39. The van der Waals surface area contributed by atoms with Gasteiger partial charge in [-0.25, -0.2) is 0 Å². The Hall–Kier alpha value is -4.10. The fourth-order valence-corrected chi connectivity index (χ4v) is 5.62. The van der Waals surface area contributed by atoms with Crippen LogP contribution in [0.3, 0.4) is 0 Å². The third kappa shape index (κ3) is 3.38. The lowest BCUT2D eigenvalue weighted by atomic mass is 9.67. The van der Waals surface area contributed by atoms with E-state index in [4.69, 9.17) is 21.1 Å². The molecule has 37 heavy (non-hydrogen) atoms. The number of ketones is 1. The van der Waals surface area contributed by atoms with Crippen LogP contribution in [0.1, 0.15) is 46.5 Å². The number of hydrogen-bond acceptors (Lipinski definition) is 7. The molecule has 0 saturated carbocycles. The molecule has 0 spiro atoms. The normalized spacial score (nSPS) is 13.8. The lowest BCUT2D eigenvalue weighted by Gasteiger charge is -2.36. The molecule has 7 nitrogen and oxygen atoms in total. The summed E-state index contributed by atoms with van der Waals surface area (Å²) in [6.45, 7) is 5.48. The van der Waals surface area contributed by atoms with Gasteiger partial charge in [0.25, 0.3) is 0 Å². The molecule has 0 amide bonds. The van der Waals surface area contributed by atoms with Crippen LogP contribution in [0.4, 0.5) is 0 Å². The Morgan fingerprint density at radius 3 is 2.08 bits per heavy atom. The van der Waals surface area contributed by atoms with Gasteiger partial charge in [0.2, 0.25) is 5.78 Å². The third-order valence-electron chi connectivity index (χ3n) is 7.22. The molecule has 0 radical (unpaired) electrons. The summed E-state index contributed by atoms with van der Waals surface area (Å²) in [6, 6.07) is 9.43. The van der Waals surface area contributed by atoms with Crippen molar-refractivity contribution in [1.82, 2.24) is 0 Å². The summed E-state index contributed by atoms with van der Waals surface area (Å²) in [6.07, 6.45) is 0. The summed E-state index contributed by atoms with van der Waals surface area (Å²) < 4.78 is 10.5. The first-order chi connectivity index (χ1) is 17.4. The fraction of sp³-hybridized carbons (Fsp3) is 0.207. The van der Waals surface area contributed by atoms with Crippen LogP contribution in [-0.2, 0) is 5.41 Å². The topological polar surface area (TPSA) is 116 Å². The zero-order chi connectivity index (χ0) is 27.0. The number of phenols is 4. The number of fused-ring (bicyclic) bond motifs is 3. The van der Waals surface area contributed by atoms with E-state index in [0.717, 1.165) is 0 Å². The second-order valence-corrected chi connectivity index (χ2v) is 10.1. The molecule has 0 fully saturated rings. The SMILES string of the molecule is COc1cc(C)c(-c2cc(O)cc3cc4c(c(O)c23)C(=O)c2c(cc(OC)c(Cl)c2O)C4(C)C)c(O)c1. The van der Waals surface area contributed by atoms with Crippen molar-refractivity contribution in [3.63, 3.8) is 0 Å². The molecular formula is C29H25ClO7. The Bertz CT molecular complexity index is 1630. The van der Waals surface area contributed by atoms with Crippen molar-refractivity contribution in [2.45, 2.75) is 26.2 Å². The van der Waals surface area contributed by atoms with Crippen LogP contribution in [0.25, 0.3) is 21.9 Å². The van der Waals surface area contributed by atoms with E-state index in [2.05, 4.69) is 0 Å². The van der Waals surface area contributed by atoms with E-state index in [-0.39, 0.29) is 44.5 Å². The van der Waals surface area contributed by atoms with Gasteiger partial charge in [-0.3, -0.25) is 4.79 Å². The summed E-state index contributed by atoms with van der Waals surface area (Å²) in [7, 11) is 2.90. The number of aryl methyl sites for hydroxylation is 1. The number of carbonyl (C=O) groups excluding carboxylic acids is 1. The van der Waals surface area contributed by atoms with Gasteiger partial charge in [-0.1, -0.05) is 25.4 Å². The molecule has 1 aliphatic carbocycles. The number of rotatable bonds is 3. The van der Waals surface area contributed by atoms with Gasteiger partial charge in [-0.2, -0.15) is 0 Å². The van der Waals surface area contributed by atoms with E-state index in [1.54, 1.807) is 25.1 Å². The maximum Gasteiger partial charge on any atom is 0.201 e. The average molecular weight is 521 g/mol. The first-order valence-corrected chi connectivity index (χ1v) is 11.9. The van der Waals surface area contributed by atoms with Gasteiger partial charge in [0.1, 0.15) is 39.5 Å². The lowest BCUT2D eigenvalue weighted by molar-refractivity contribution is 0.102. The standard InChI is InChI=1S/C29H25ClO7/c1-12-6-15(36-4)10-19(32)21(12)16-9-14(31)7-13-8-17-23(26(33)22(13)16)27(34)24-18(29(17,2)3)11-20(37-5)25(30)28(24)35/h6-11,31-33,35H,1-5H3. The zero-order valence-electron chi connectivity index (χ0n) is 20.9. The lowest BCUT2D eigenvalue weighted by Crippen LogP contribution is -2.31. The summed E-state index contributed by atoms with van der Waals surface area (Å²) in [4.78, 5) is 13.8. The molecule has 0 atom stereocenters. The van der Waals surface area contributed by atoms with Crippen molar-refractivity contribution >= 4 is 28.2 Å². The number of phenolic OH excluding ortho intramolecular Hbond substituents is 4. The van der Waals surface area contributed by atoms with Crippen molar-refractivity contribution < 1.29 is 34.7 Å². The van der Waals surface area contributed by atoms with Crippen molar-refractivity contribution in [2.75, 3.05) is 14.2 Å². The van der Waals surface area contributed by atoms with Gasteiger partial charge >= 0.3 is 0 Å². The monoisotopic (exact) mass is 520 g/mol. The smallest absolute Gasteiger partial charge is 0.201 e. The Labute approximate surface area is 218 Å². The Kier molecular flexibility index (Phi) is 5.46. The molecule has 190 valence electrons. The van der Waals surface area contributed by atoms with Gasteiger partial charge in [0.15, 0.2) is 0 Å². The van der Waals surface area contributed by atoms with Gasteiger partial charge < -0.3 is 29.9 Å². The summed E-state index contributed by atoms with van der Waals surface area (Å²) >= 11 is 6.28. The van der Waals surface area contributed by atoms with Gasteiger partial charge in [0.05, 0.1) is 25.3 Å². The molecule has 5 rings (SSSR count). The predicted molar refractivity (Wildman–Crippen MR) is 141 cm³/mol. The molecule has 0 saturated heterocycles. The van der Waals surface area contributed by atoms with Crippen molar-refractivity contribution in [1.29, 1.82) is 0 Å². The first kappa shape index (κ1) is 24.6. The number of halogens is 1. The molecule has 0 bridgehead atoms. The Morgan fingerprint density at radius 2 is 1.46 bits per heavy atom. The summed E-state index contributed by atoms with van der Waals surface area (Å²) in [5.41, 5.74) is 1.48. The Balaban J connectivity index is 1.90. The van der Waals surface area contributed by atoms with E-state index >= 15 is 0 Å². The minimum atomic E-state index is -0.858. The number of aromatic hydroxyl groups is 4. The quantitative estimate of drug-likeness (QED) is 0.255. The zero-order valence-corrected chi connectivity index (χ0v) is 21.6. The van der Waals surface area contributed by atoms with E-state index in [1.165, 1.54) is 32.4 Å². The third-order valence-corrected chi connectivity index (χ3v) is 7.58. The van der Waals surface area contributed by atoms with Crippen LogP contribution in [0, 0.1) is 6.92 Å². The van der Waals surface area contributed by atoms with Crippen molar-refractivity contribution in [3.05, 3.63) is 69.2 Å². The number of carbonyl (C=O) groups is 1. The molecular weight excluding hydrogens is 496 g/mol. The second-order valence-electron chi connectivity index (χ2n) is 9.70. The van der Waals surface area contributed by atoms with E-state index in [0.29, 0.717) is 39.0 Å². The van der Waals surface area contributed by atoms with Gasteiger partial charge in [-0.15, -0.1) is 0 Å². The van der Waals surface area contributed by atoms with Crippen LogP contribution >= 0.6 is 11.6 Å². The summed E-state index contributed by atoms with van der Waals surface area (Å²) in [5, 5.41) is 44.6. The molecule has 1 aliphatic rings. The minimum Gasteiger partial charge on any atom is -0.508 e. The van der Waals surface area contributed by atoms with E-state index in [1.807, 2.05) is 13.8 Å². The van der Waals surface area contributed by atoms with Gasteiger partial charge in [0, 0.05) is 28.0 Å². The average Bonchev–Trinajstić information content (AvgIpc) is 2.83. The Morgan fingerprint density at radius 1 is 0.811 bits per heavy atom. The number of ether oxygens (including phenoxy) is 2. The minimum absolute atomic E-state index is 0.0123. The highest BCUT2D eigenvalue weighted by atomic mass is 35.5. The maximum atomic E-state index is 13.8. The van der Waals surface area contributed by atoms with E-state index < -0.39 is 16.9 Å². The highest BCUT2D eigenvalue weighted by molar-refractivity contribution is 6.35. The van der Waals surface area contributed by atoms with Gasteiger partial charge in [-0.05, 0) is 59.3 Å². The van der Waals surface area contributed by atoms with Crippen LogP contribution < -0.4 is 9.47 Å². The molecule has 0 unspecified atom stereocenters. The maximum absolute atomic E-state index is 13.8. The molecule has 4 N–H and O–H groups in total.